The molecule has 0 bridgehead atoms. The lowest BCUT2D eigenvalue weighted by atomic mass is 10.0. The van der Waals surface area contributed by atoms with Crippen molar-refractivity contribution in [3.8, 4) is 0 Å². The zero-order chi connectivity index (χ0) is 31.9. The summed E-state index contributed by atoms with van der Waals surface area (Å²) in [6.07, 6.45) is 0.237. The molecular weight excluding hydrogens is 594 g/mol. The first kappa shape index (κ1) is 32.8. The van der Waals surface area contributed by atoms with Crippen molar-refractivity contribution in [1.29, 1.82) is 0 Å². The highest BCUT2D eigenvalue weighted by Crippen LogP contribution is 2.28. The predicted molar refractivity (Wildman–Crippen MR) is 176 cm³/mol. The van der Waals surface area contributed by atoms with E-state index in [-0.39, 0.29) is 29.8 Å². The van der Waals surface area contributed by atoms with Gasteiger partial charge in [0, 0.05) is 24.0 Å². The van der Waals surface area contributed by atoms with E-state index in [0.29, 0.717) is 21.8 Å². The van der Waals surface area contributed by atoms with Gasteiger partial charge in [-0.2, -0.15) is 0 Å². The Labute approximate surface area is 265 Å². The molecule has 1 N–H and O–H groups in total. The van der Waals surface area contributed by atoms with Crippen molar-refractivity contribution in [2.75, 3.05) is 10.8 Å². The Kier molecular flexibility index (Phi) is 10.8. The van der Waals surface area contributed by atoms with E-state index in [4.69, 9.17) is 11.6 Å². The van der Waals surface area contributed by atoms with E-state index in [1.165, 1.54) is 17.0 Å². The quantitative estimate of drug-likeness (QED) is 0.198. The summed E-state index contributed by atoms with van der Waals surface area (Å²) < 4.78 is 29.4. The van der Waals surface area contributed by atoms with E-state index in [1.807, 2.05) is 76.2 Å². The molecule has 4 aromatic rings. The van der Waals surface area contributed by atoms with Crippen molar-refractivity contribution in [3.63, 3.8) is 0 Å². The molecule has 0 radical (unpaired) electrons. The third-order valence-corrected chi connectivity index (χ3v) is 9.18. The number of anilines is 1. The van der Waals surface area contributed by atoms with Crippen LogP contribution >= 0.6 is 11.6 Å². The molecule has 4 aromatic carbocycles. The second kappa shape index (κ2) is 14.6. The molecule has 0 heterocycles. The minimum atomic E-state index is -4.16. The number of hydrogen-bond acceptors (Lipinski definition) is 4. The van der Waals surface area contributed by atoms with Gasteiger partial charge in [-0.1, -0.05) is 90.0 Å². The molecule has 7 nitrogen and oxygen atoms in total. The smallest absolute Gasteiger partial charge is 0.264 e. The summed E-state index contributed by atoms with van der Waals surface area (Å²) in [6.45, 7) is 6.99. The maximum atomic E-state index is 14.5. The highest BCUT2D eigenvalue weighted by atomic mass is 35.5. The summed E-state index contributed by atoms with van der Waals surface area (Å²) in [5, 5.41) is 3.45. The van der Waals surface area contributed by atoms with Gasteiger partial charge in [-0.15, -0.1) is 0 Å². The maximum absolute atomic E-state index is 14.5. The summed E-state index contributed by atoms with van der Waals surface area (Å²) in [5.41, 5.74) is 3.64. The lowest BCUT2D eigenvalue weighted by Gasteiger charge is -2.34. The topological polar surface area (TPSA) is 86.8 Å². The fourth-order valence-corrected chi connectivity index (χ4v) is 6.80. The number of sulfonamides is 1. The SMILES string of the molecule is Cc1ccc(N(CC(=O)N(Cc2cccc(Cl)c2)C(Cc2ccccc2)C(=O)NC(C)C)S(=O)(=O)c2ccccc2)c(C)c1. The number of benzene rings is 4. The monoisotopic (exact) mass is 631 g/mol. The van der Waals surface area contributed by atoms with Crippen LogP contribution in [-0.2, 0) is 32.6 Å². The Morgan fingerprint density at radius 1 is 0.818 bits per heavy atom. The van der Waals surface area contributed by atoms with Crippen LogP contribution in [0.4, 0.5) is 5.69 Å². The predicted octanol–water partition coefficient (Wildman–Crippen LogP) is 6.32. The van der Waals surface area contributed by atoms with Crippen molar-refractivity contribution in [2.45, 2.75) is 57.6 Å². The highest BCUT2D eigenvalue weighted by Gasteiger charge is 2.35. The van der Waals surface area contributed by atoms with Crippen LogP contribution in [0.5, 0.6) is 0 Å². The molecule has 0 saturated carbocycles. The van der Waals surface area contributed by atoms with E-state index in [9.17, 15) is 18.0 Å². The molecular formula is C35H38ClN3O4S. The van der Waals surface area contributed by atoms with Gasteiger partial charge in [-0.3, -0.25) is 13.9 Å². The van der Waals surface area contributed by atoms with E-state index in [0.717, 1.165) is 15.4 Å². The van der Waals surface area contributed by atoms with Crippen LogP contribution in [0.3, 0.4) is 0 Å². The lowest BCUT2D eigenvalue weighted by molar-refractivity contribution is -0.140. The molecule has 1 atom stereocenters. The molecule has 2 amide bonds. The molecule has 0 saturated heterocycles. The van der Waals surface area contributed by atoms with Crippen molar-refractivity contribution in [1.82, 2.24) is 10.2 Å². The Hall–Kier alpha value is -4.14. The Morgan fingerprint density at radius 3 is 2.07 bits per heavy atom. The molecule has 0 aromatic heterocycles. The average Bonchev–Trinajstić information content (AvgIpc) is 2.98. The van der Waals surface area contributed by atoms with Gasteiger partial charge in [0.1, 0.15) is 12.6 Å². The number of nitrogens with zero attached hydrogens (tertiary/aromatic N) is 2. The first-order valence-electron chi connectivity index (χ1n) is 14.5. The van der Waals surface area contributed by atoms with Crippen LogP contribution in [-0.4, -0.2) is 43.8 Å². The van der Waals surface area contributed by atoms with Crippen molar-refractivity contribution < 1.29 is 18.0 Å². The van der Waals surface area contributed by atoms with Gasteiger partial charge < -0.3 is 10.2 Å². The van der Waals surface area contributed by atoms with E-state index < -0.39 is 28.5 Å². The van der Waals surface area contributed by atoms with Gasteiger partial charge >= 0.3 is 0 Å². The van der Waals surface area contributed by atoms with Gasteiger partial charge in [-0.25, -0.2) is 8.42 Å². The third kappa shape index (κ3) is 8.27. The summed E-state index contributed by atoms with van der Waals surface area (Å²) in [6, 6.07) is 28.9. The molecule has 1 unspecified atom stereocenters. The van der Waals surface area contributed by atoms with Crippen LogP contribution in [0.25, 0.3) is 0 Å². The van der Waals surface area contributed by atoms with Crippen molar-refractivity contribution in [2.24, 2.45) is 0 Å². The largest absolute Gasteiger partial charge is 0.352 e. The number of aryl methyl sites for hydroxylation is 2. The summed E-state index contributed by atoms with van der Waals surface area (Å²) >= 11 is 6.30. The number of amides is 2. The zero-order valence-corrected chi connectivity index (χ0v) is 27.0. The van der Waals surface area contributed by atoms with E-state index >= 15 is 0 Å². The zero-order valence-electron chi connectivity index (χ0n) is 25.4. The fourth-order valence-electron chi connectivity index (χ4n) is 5.08. The van der Waals surface area contributed by atoms with Crippen LogP contribution in [0, 0.1) is 13.8 Å². The normalized spacial score (nSPS) is 12.0. The molecule has 44 heavy (non-hydrogen) atoms. The number of carbonyl (C=O) groups excluding carboxylic acids is 2. The van der Waals surface area contributed by atoms with Gasteiger partial charge in [0.15, 0.2) is 0 Å². The van der Waals surface area contributed by atoms with E-state index in [1.54, 1.807) is 42.5 Å². The van der Waals surface area contributed by atoms with Crippen molar-refractivity contribution >= 4 is 39.1 Å². The van der Waals surface area contributed by atoms with Gasteiger partial charge in [0.05, 0.1) is 10.6 Å². The maximum Gasteiger partial charge on any atom is 0.264 e. The lowest BCUT2D eigenvalue weighted by Crippen LogP contribution is -2.54. The molecule has 0 fully saturated rings. The Morgan fingerprint density at radius 2 is 1.45 bits per heavy atom. The Bertz CT molecular complexity index is 1700. The molecule has 230 valence electrons. The van der Waals surface area contributed by atoms with Crippen LogP contribution in [0.1, 0.15) is 36.1 Å². The second-order valence-corrected chi connectivity index (χ2v) is 13.4. The number of nitrogens with one attached hydrogen (secondary N) is 1. The summed E-state index contributed by atoms with van der Waals surface area (Å²) in [4.78, 5) is 29.8. The fraction of sp³-hybridized carbons (Fsp3) is 0.257. The Balaban J connectivity index is 1.82. The van der Waals surface area contributed by atoms with Crippen LogP contribution < -0.4 is 9.62 Å². The number of rotatable bonds is 12. The minimum Gasteiger partial charge on any atom is -0.352 e. The summed E-state index contributed by atoms with van der Waals surface area (Å²) in [7, 11) is -4.16. The third-order valence-electron chi connectivity index (χ3n) is 7.18. The van der Waals surface area contributed by atoms with Gasteiger partial charge in [0.25, 0.3) is 10.0 Å². The molecule has 0 aliphatic rings. The molecule has 0 aliphatic carbocycles. The first-order chi connectivity index (χ1) is 21.0. The van der Waals surface area contributed by atoms with Gasteiger partial charge in [0.2, 0.25) is 11.8 Å². The average molecular weight is 632 g/mol. The van der Waals surface area contributed by atoms with Crippen LogP contribution in [0.15, 0.2) is 108 Å². The standard InChI is InChI=1S/C35H38ClN3O4S/c1-25(2)37-35(41)33(22-28-12-7-5-8-13-28)38(23-29-14-11-15-30(36)21-29)34(40)24-39(32-19-18-26(3)20-27(32)4)44(42,43)31-16-9-6-10-17-31/h5-21,25,33H,22-24H2,1-4H3,(H,37,41). The minimum absolute atomic E-state index is 0.0501. The first-order valence-corrected chi connectivity index (χ1v) is 16.3. The number of carbonyl (C=O) groups is 2. The van der Waals surface area contributed by atoms with Crippen LogP contribution in [0.2, 0.25) is 5.02 Å². The second-order valence-electron chi connectivity index (χ2n) is 11.1. The summed E-state index contributed by atoms with van der Waals surface area (Å²) in [5.74, 6) is -0.854. The number of halogens is 1. The molecule has 4 rings (SSSR count). The molecule has 0 spiro atoms. The number of hydrogen-bond donors (Lipinski definition) is 1. The van der Waals surface area contributed by atoms with Gasteiger partial charge in [-0.05, 0) is 74.7 Å². The molecule has 9 heteroatoms. The van der Waals surface area contributed by atoms with Crippen molar-refractivity contribution in [3.05, 3.63) is 130 Å². The highest BCUT2D eigenvalue weighted by molar-refractivity contribution is 7.92. The van der Waals surface area contributed by atoms with E-state index in [2.05, 4.69) is 5.32 Å². The molecule has 0 aliphatic heterocycles.